The molecule has 0 aliphatic carbocycles. The molecular formula is C23H25S+. The lowest BCUT2D eigenvalue weighted by atomic mass is 10.1. The van der Waals surface area contributed by atoms with Gasteiger partial charge in [0.1, 0.15) is 10.9 Å². The van der Waals surface area contributed by atoms with Crippen LogP contribution in [-0.4, -0.2) is 0 Å². The summed E-state index contributed by atoms with van der Waals surface area (Å²) < 4.78 is 0. The molecule has 0 bridgehead atoms. The highest BCUT2D eigenvalue weighted by molar-refractivity contribution is 7.97. The SMILES string of the molecule is Cc1cc(C)c([S+](c2ccccc2C)c2ccccc2C)c(C)c1. The van der Waals surface area contributed by atoms with Crippen molar-refractivity contribution in [3.63, 3.8) is 0 Å². The lowest BCUT2D eigenvalue weighted by molar-refractivity contribution is 1.14. The maximum Gasteiger partial charge on any atom is 0.172 e. The second-order valence-corrected chi connectivity index (χ2v) is 8.47. The number of hydrogen-bond acceptors (Lipinski definition) is 0. The summed E-state index contributed by atoms with van der Waals surface area (Å²) in [6, 6.07) is 22.3. The quantitative estimate of drug-likeness (QED) is 0.492. The van der Waals surface area contributed by atoms with Crippen molar-refractivity contribution in [2.24, 2.45) is 0 Å². The number of aryl methyl sites for hydroxylation is 5. The molecule has 0 amide bonds. The van der Waals surface area contributed by atoms with Gasteiger partial charge in [-0.05, 0) is 46.8 Å². The van der Waals surface area contributed by atoms with E-state index in [1.807, 2.05) is 0 Å². The van der Waals surface area contributed by atoms with Crippen molar-refractivity contribution in [3.8, 4) is 0 Å². The molecule has 24 heavy (non-hydrogen) atoms. The third-order valence-electron chi connectivity index (χ3n) is 4.44. The minimum atomic E-state index is -0.0692. The van der Waals surface area contributed by atoms with Gasteiger partial charge in [0.15, 0.2) is 14.7 Å². The molecule has 1 heteroatoms. The Morgan fingerprint density at radius 3 is 1.38 bits per heavy atom. The van der Waals surface area contributed by atoms with Crippen LogP contribution in [0.5, 0.6) is 0 Å². The minimum absolute atomic E-state index is 0.0692. The van der Waals surface area contributed by atoms with Crippen LogP contribution in [0.4, 0.5) is 0 Å². The number of benzene rings is 3. The summed E-state index contributed by atoms with van der Waals surface area (Å²) in [5.74, 6) is 0. The first kappa shape index (κ1) is 16.9. The molecule has 0 heterocycles. The maximum absolute atomic E-state index is 2.32. The van der Waals surface area contributed by atoms with Gasteiger partial charge in [0.25, 0.3) is 0 Å². The highest BCUT2D eigenvalue weighted by Gasteiger charge is 2.34. The zero-order valence-electron chi connectivity index (χ0n) is 15.2. The fraction of sp³-hybridized carbons (Fsp3) is 0.217. The van der Waals surface area contributed by atoms with Crippen LogP contribution in [0.15, 0.2) is 75.4 Å². The van der Waals surface area contributed by atoms with E-state index in [0.717, 1.165) is 0 Å². The second-order valence-electron chi connectivity index (χ2n) is 6.57. The van der Waals surface area contributed by atoms with Crippen LogP contribution in [0.25, 0.3) is 0 Å². The Balaban J connectivity index is 2.33. The lowest BCUT2D eigenvalue weighted by Crippen LogP contribution is -2.11. The first-order valence-electron chi connectivity index (χ1n) is 8.42. The molecule has 122 valence electrons. The predicted molar refractivity (Wildman–Crippen MR) is 105 cm³/mol. The first-order chi connectivity index (χ1) is 11.5. The number of rotatable bonds is 3. The molecule has 0 saturated carbocycles. The maximum atomic E-state index is 2.32. The van der Waals surface area contributed by atoms with Crippen molar-refractivity contribution in [1.82, 2.24) is 0 Å². The molecule has 0 aromatic heterocycles. The Kier molecular flexibility index (Phi) is 4.82. The van der Waals surface area contributed by atoms with E-state index in [4.69, 9.17) is 0 Å². The topological polar surface area (TPSA) is 0 Å². The Morgan fingerprint density at radius 2 is 0.958 bits per heavy atom. The molecule has 0 nitrogen and oxygen atoms in total. The van der Waals surface area contributed by atoms with E-state index in [1.165, 1.54) is 42.5 Å². The molecule has 3 aromatic rings. The van der Waals surface area contributed by atoms with E-state index < -0.39 is 0 Å². The van der Waals surface area contributed by atoms with Gasteiger partial charge in [0.05, 0.1) is 0 Å². The van der Waals surface area contributed by atoms with E-state index >= 15 is 0 Å². The molecule has 0 saturated heterocycles. The summed E-state index contributed by atoms with van der Waals surface area (Å²) in [7, 11) is -0.0692. The Hall–Kier alpha value is -1.99. The van der Waals surface area contributed by atoms with E-state index in [1.54, 1.807) is 0 Å². The van der Waals surface area contributed by atoms with Gasteiger partial charge in [-0.3, -0.25) is 0 Å². The van der Waals surface area contributed by atoms with Crippen LogP contribution in [0, 0.1) is 34.6 Å². The van der Waals surface area contributed by atoms with Crippen molar-refractivity contribution in [1.29, 1.82) is 0 Å². The van der Waals surface area contributed by atoms with Gasteiger partial charge in [-0.1, -0.05) is 54.1 Å². The monoisotopic (exact) mass is 333 g/mol. The van der Waals surface area contributed by atoms with Crippen molar-refractivity contribution in [3.05, 3.63) is 88.5 Å². The minimum Gasteiger partial charge on any atom is -0.0616 e. The van der Waals surface area contributed by atoms with Crippen LogP contribution in [0.3, 0.4) is 0 Å². The van der Waals surface area contributed by atoms with Gasteiger partial charge in [0, 0.05) is 22.3 Å². The van der Waals surface area contributed by atoms with Gasteiger partial charge in [-0.2, -0.15) is 0 Å². The van der Waals surface area contributed by atoms with Crippen LogP contribution in [0.1, 0.15) is 27.8 Å². The highest BCUT2D eigenvalue weighted by atomic mass is 32.2. The molecule has 0 fully saturated rings. The van der Waals surface area contributed by atoms with Crippen molar-refractivity contribution in [2.45, 2.75) is 49.3 Å². The summed E-state index contributed by atoms with van der Waals surface area (Å²) in [6.07, 6.45) is 0. The third kappa shape index (κ3) is 3.14. The molecule has 0 radical (unpaired) electrons. The van der Waals surface area contributed by atoms with E-state index in [9.17, 15) is 0 Å². The molecule has 0 spiro atoms. The molecule has 0 aliphatic rings. The van der Waals surface area contributed by atoms with Gasteiger partial charge < -0.3 is 0 Å². The molecular weight excluding hydrogens is 308 g/mol. The normalized spacial score (nSPS) is 11.1. The molecule has 0 aliphatic heterocycles. The van der Waals surface area contributed by atoms with Crippen molar-refractivity contribution in [2.75, 3.05) is 0 Å². The Labute approximate surface area is 148 Å². The summed E-state index contributed by atoms with van der Waals surface area (Å²) in [4.78, 5) is 4.34. The van der Waals surface area contributed by atoms with Crippen LogP contribution in [-0.2, 0) is 10.9 Å². The average Bonchev–Trinajstić information content (AvgIpc) is 2.52. The predicted octanol–water partition coefficient (Wildman–Crippen LogP) is 6.32. The van der Waals surface area contributed by atoms with Crippen molar-refractivity contribution < 1.29 is 0 Å². The molecule has 0 atom stereocenters. The summed E-state index contributed by atoms with van der Waals surface area (Å²) in [5, 5.41) is 0. The van der Waals surface area contributed by atoms with Gasteiger partial charge in [0.2, 0.25) is 0 Å². The van der Waals surface area contributed by atoms with Gasteiger partial charge >= 0.3 is 0 Å². The summed E-state index contributed by atoms with van der Waals surface area (Å²) in [5.41, 5.74) is 6.85. The fourth-order valence-corrected chi connectivity index (χ4v) is 6.05. The summed E-state index contributed by atoms with van der Waals surface area (Å²) >= 11 is 0. The zero-order valence-corrected chi connectivity index (χ0v) is 16.0. The van der Waals surface area contributed by atoms with E-state index in [0.29, 0.717) is 0 Å². The highest BCUT2D eigenvalue weighted by Crippen LogP contribution is 2.38. The lowest BCUT2D eigenvalue weighted by Gasteiger charge is -2.16. The van der Waals surface area contributed by atoms with E-state index in [-0.39, 0.29) is 10.9 Å². The van der Waals surface area contributed by atoms with Crippen LogP contribution in [0.2, 0.25) is 0 Å². The number of hydrogen-bond donors (Lipinski definition) is 0. The van der Waals surface area contributed by atoms with Gasteiger partial charge in [-0.25, -0.2) is 0 Å². The van der Waals surface area contributed by atoms with Crippen LogP contribution >= 0.6 is 0 Å². The molecule has 0 N–H and O–H groups in total. The van der Waals surface area contributed by atoms with E-state index in [2.05, 4.69) is 95.3 Å². The molecule has 3 aromatic carbocycles. The standard InChI is InChI=1S/C23H25S/c1-16-14-19(4)23(20(5)15-16)24(21-12-8-6-10-17(21)2)22-13-9-7-11-18(22)3/h6-15H,1-5H3/q+1. The smallest absolute Gasteiger partial charge is 0.0616 e. The zero-order chi connectivity index (χ0) is 17.3. The Morgan fingerprint density at radius 1 is 0.542 bits per heavy atom. The average molecular weight is 334 g/mol. The largest absolute Gasteiger partial charge is 0.172 e. The molecule has 0 unspecified atom stereocenters. The van der Waals surface area contributed by atoms with Gasteiger partial charge in [-0.15, -0.1) is 0 Å². The fourth-order valence-electron chi connectivity index (χ4n) is 3.40. The second kappa shape index (κ2) is 6.86. The molecule has 3 rings (SSSR count). The summed E-state index contributed by atoms with van der Waals surface area (Å²) in [6.45, 7) is 11.2. The van der Waals surface area contributed by atoms with Crippen LogP contribution < -0.4 is 0 Å². The third-order valence-corrected chi connectivity index (χ3v) is 7.28. The Bertz CT molecular complexity index is 808. The van der Waals surface area contributed by atoms with Crippen molar-refractivity contribution >= 4 is 10.9 Å². The first-order valence-corrected chi connectivity index (χ1v) is 9.65.